The Labute approximate surface area is 175 Å². The second-order valence-corrected chi connectivity index (χ2v) is 9.20. The predicted octanol–water partition coefficient (Wildman–Crippen LogP) is 2.37. The number of rotatable bonds is 5. The zero-order chi connectivity index (χ0) is 21.3. The number of nitrogens with zero attached hydrogens (tertiary/aromatic N) is 1. The van der Waals surface area contributed by atoms with E-state index in [0.29, 0.717) is 30.0 Å². The van der Waals surface area contributed by atoms with Crippen LogP contribution in [0.1, 0.15) is 25.3 Å². The number of anilines is 2. The molecule has 2 aromatic rings. The predicted molar refractivity (Wildman–Crippen MR) is 112 cm³/mol. The number of hydrogen-bond acceptors (Lipinski definition) is 5. The van der Waals surface area contributed by atoms with Gasteiger partial charge in [-0.1, -0.05) is 19.1 Å². The van der Waals surface area contributed by atoms with Crippen molar-refractivity contribution in [2.45, 2.75) is 37.1 Å². The van der Waals surface area contributed by atoms with Crippen molar-refractivity contribution < 1.29 is 22.7 Å². The van der Waals surface area contributed by atoms with Gasteiger partial charge >= 0.3 is 0 Å². The van der Waals surface area contributed by atoms with Gasteiger partial charge < -0.3 is 15.4 Å². The number of nitrogens with one attached hydrogen (secondary N) is 2. The summed E-state index contributed by atoms with van der Waals surface area (Å²) < 4.78 is 33.0. The van der Waals surface area contributed by atoms with E-state index in [1.165, 1.54) is 22.5 Å². The molecule has 0 aliphatic carbocycles. The van der Waals surface area contributed by atoms with Crippen LogP contribution in [0.5, 0.6) is 5.75 Å². The normalized spacial score (nSPS) is 19.0. The van der Waals surface area contributed by atoms with Gasteiger partial charge in [-0.05, 0) is 55.2 Å². The van der Waals surface area contributed by atoms with E-state index in [-0.39, 0.29) is 29.9 Å². The number of carbonyl (C=O) groups is 2. The van der Waals surface area contributed by atoms with Crippen molar-refractivity contribution in [2.75, 3.05) is 23.8 Å². The molecule has 1 fully saturated rings. The molecule has 0 unspecified atom stereocenters. The fraction of sp³-hybridized carbons (Fsp3) is 0.333. The molecular formula is C21H23N3O5S. The lowest BCUT2D eigenvalue weighted by atomic mass is 10.1. The summed E-state index contributed by atoms with van der Waals surface area (Å²) in [4.78, 5) is 24.5. The van der Waals surface area contributed by atoms with E-state index in [1.807, 2.05) is 25.1 Å². The molecule has 2 heterocycles. The molecule has 1 saturated heterocycles. The SMILES string of the molecule is CCc1cccc(NC(=O)[C@H]2CCCN2S(=O)(=O)c2ccc3c(c2)NC(=O)CO3)c1. The molecule has 30 heavy (non-hydrogen) atoms. The quantitative estimate of drug-likeness (QED) is 0.759. The molecule has 2 aliphatic rings. The Morgan fingerprint density at radius 2 is 2.10 bits per heavy atom. The van der Waals surface area contributed by atoms with Gasteiger partial charge in [0.25, 0.3) is 5.91 Å². The van der Waals surface area contributed by atoms with Gasteiger partial charge in [0.15, 0.2) is 6.61 Å². The molecule has 0 radical (unpaired) electrons. The highest BCUT2D eigenvalue weighted by Gasteiger charge is 2.40. The van der Waals surface area contributed by atoms with Crippen LogP contribution in [0.25, 0.3) is 0 Å². The molecule has 9 heteroatoms. The van der Waals surface area contributed by atoms with Crippen LogP contribution in [-0.2, 0) is 26.0 Å². The highest BCUT2D eigenvalue weighted by Crippen LogP contribution is 2.33. The number of aryl methyl sites for hydroxylation is 1. The maximum absolute atomic E-state index is 13.3. The van der Waals surface area contributed by atoms with Crippen molar-refractivity contribution in [3.8, 4) is 5.75 Å². The first-order chi connectivity index (χ1) is 14.4. The zero-order valence-corrected chi connectivity index (χ0v) is 17.4. The van der Waals surface area contributed by atoms with Gasteiger partial charge in [0.05, 0.1) is 10.6 Å². The number of ether oxygens (including phenoxy) is 1. The number of fused-ring (bicyclic) bond motifs is 1. The Kier molecular flexibility index (Phi) is 5.48. The summed E-state index contributed by atoms with van der Waals surface area (Å²) in [5.41, 5.74) is 2.04. The first-order valence-electron chi connectivity index (χ1n) is 9.87. The summed E-state index contributed by atoms with van der Waals surface area (Å²) >= 11 is 0. The lowest BCUT2D eigenvalue weighted by Gasteiger charge is -2.24. The molecular weight excluding hydrogens is 406 g/mol. The van der Waals surface area contributed by atoms with Crippen LogP contribution in [0.4, 0.5) is 11.4 Å². The van der Waals surface area contributed by atoms with Crippen LogP contribution in [0.15, 0.2) is 47.4 Å². The Morgan fingerprint density at radius 3 is 2.90 bits per heavy atom. The summed E-state index contributed by atoms with van der Waals surface area (Å²) in [7, 11) is -3.92. The van der Waals surface area contributed by atoms with Crippen molar-refractivity contribution in [2.24, 2.45) is 0 Å². The minimum Gasteiger partial charge on any atom is -0.482 e. The Bertz CT molecular complexity index is 1100. The third-order valence-electron chi connectivity index (χ3n) is 5.30. The minimum atomic E-state index is -3.92. The summed E-state index contributed by atoms with van der Waals surface area (Å²) in [6, 6.07) is 11.0. The average Bonchev–Trinajstić information content (AvgIpc) is 3.24. The summed E-state index contributed by atoms with van der Waals surface area (Å²) in [5, 5.41) is 5.46. The molecule has 1 atom stereocenters. The number of benzene rings is 2. The minimum absolute atomic E-state index is 0.0136. The third-order valence-corrected chi connectivity index (χ3v) is 7.20. The molecule has 2 aromatic carbocycles. The van der Waals surface area contributed by atoms with Gasteiger partial charge in [0.1, 0.15) is 11.8 Å². The maximum atomic E-state index is 13.3. The van der Waals surface area contributed by atoms with Gasteiger partial charge in [-0.2, -0.15) is 4.31 Å². The van der Waals surface area contributed by atoms with Crippen molar-refractivity contribution in [1.82, 2.24) is 4.31 Å². The standard InChI is InChI=1S/C21H23N3O5S/c1-2-14-5-3-6-15(11-14)22-21(26)18-7-4-10-24(18)30(27,28)16-8-9-19-17(12-16)23-20(25)13-29-19/h3,5-6,8-9,11-12,18H,2,4,7,10,13H2,1H3,(H,22,26)(H,23,25)/t18-/m1/s1. The molecule has 0 spiro atoms. The van der Waals surface area contributed by atoms with Gasteiger partial charge in [-0.25, -0.2) is 8.42 Å². The second kappa shape index (κ2) is 8.08. The molecule has 158 valence electrons. The lowest BCUT2D eigenvalue weighted by molar-refractivity contribution is -0.119. The monoisotopic (exact) mass is 429 g/mol. The van der Waals surface area contributed by atoms with E-state index in [4.69, 9.17) is 4.74 Å². The summed E-state index contributed by atoms with van der Waals surface area (Å²) in [6.07, 6.45) is 1.88. The third kappa shape index (κ3) is 3.90. The van der Waals surface area contributed by atoms with Gasteiger partial charge in [-0.15, -0.1) is 0 Å². The average molecular weight is 429 g/mol. The van der Waals surface area contributed by atoms with Crippen molar-refractivity contribution in [3.05, 3.63) is 48.0 Å². The van der Waals surface area contributed by atoms with Crippen LogP contribution >= 0.6 is 0 Å². The smallest absolute Gasteiger partial charge is 0.262 e. The molecule has 4 rings (SSSR count). The fourth-order valence-electron chi connectivity index (χ4n) is 3.74. The second-order valence-electron chi connectivity index (χ2n) is 7.31. The first-order valence-corrected chi connectivity index (χ1v) is 11.3. The molecule has 0 bridgehead atoms. The number of hydrogen-bond donors (Lipinski definition) is 2. The van der Waals surface area contributed by atoms with Crippen LogP contribution in [-0.4, -0.2) is 43.7 Å². The Balaban J connectivity index is 1.57. The van der Waals surface area contributed by atoms with E-state index in [2.05, 4.69) is 10.6 Å². The molecule has 8 nitrogen and oxygen atoms in total. The molecule has 2 aliphatic heterocycles. The number of amides is 2. The first kappa shape index (κ1) is 20.4. The van der Waals surface area contributed by atoms with Crippen LogP contribution in [0.2, 0.25) is 0 Å². The van der Waals surface area contributed by atoms with Crippen molar-refractivity contribution in [3.63, 3.8) is 0 Å². The van der Waals surface area contributed by atoms with E-state index in [1.54, 1.807) is 6.07 Å². The fourth-order valence-corrected chi connectivity index (χ4v) is 5.43. The van der Waals surface area contributed by atoms with E-state index in [0.717, 1.165) is 12.0 Å². The molecule has 2 amide bonds. The van der Waals surface area contributed by atoms with Crippen LogP contribution in [0.3, 0.4) is 0 Å². The number of carbonyl (C=O) groups excluding carboxylic acids is 2. The van der Waals surface area contributed by atoms with E-state index >= 15 is 0 Å². The topological polar surface area (TPSA) is 105 Å². The summed E-state index contributed by atoms with van der Waals surface area (Å²) in [5.74, 6) is -0.274. The largest absolute Gasteiger partial charge is 0.482 e. The Morgan fingerprint density at radius 1 is 1.27 bits per heavy atom. The highest BCUT2D eigenvalue weighted by atomic mass is 32.2. The van der Waals surface area contributed by atoms with Gasteiger partial charge in [-0.3, -0.25) is 9.59 Å². The van der Waals surface area contributed by atoms with Crippen LogP contribution in [0, 0.1) is 0 Å². The highest BCUT2D eigenvalue weighted by molar-refractivity contribution is 7.89. The maximum Gasteiger partial charge on any atom is 0.262 e. The van der Waals surface area contributed by atoms with Gasteiger partial charge in [0, 0.05) is 12.2 Å². The zero-order valence-electron chi connectivity index (χ0n) is 16.6. The van der Waals surface area contributed by atoms with E-state index in [9.17, 15) is 18.0 Å². The van der Waals surface area contributed by atoms with E-state index < -0.39 is 16.1 Å². The lowest BCUT2D eigenvalue weighted by Crippen LogP contribution is -2.43. The van der Waals surface area contributed by atoms with Crippen molar-refractivity contribution >= 4 is 33.2 Å². The Hall–Kier alpha value is -2.91. The number of sulfonamides is 1. The molecule has 2 N–H and O–H groups in total. The molecule has 0 aromatic heterocycles. The van der Waals surface area contributed by atoms with Crippen molar-refractivity contribution in [1.29, 1.82) is 0 Å². The van der Waals surface area contributed by atoms with Gasteiger partial charge in [0.2, 0.25) is 15.9 Å². The molecule has 0 saturated carbocycles. The summed E-state index contributed by atoms with van der Waals surface area (Å²) in [6.45, 7) is 2.18. The van der Waals surface area contributed by atoms with Crippen LogP contribution < -0.4 is 15.4 Å².